The van der Waals surface area contributed by atoms with E-state index < -0.39 is 0 Å². The van der Waals surface area contributed by atoms with E-state index in [0.29, 0.717) is 18.0 Å². The van der Waals surface area contributed by atoms with Gasteiger partial charge in [0.05, 0.1) is 11.8 Å². The lowest BCUT2D eigenvalue weighted by atomic mass is 10.00. The fraction of sp³-hybridized carbons (Fsp3) is 0.522. The number of hydrogen-bond acceptors (Lipinski definition) is 6. The molecule has 1 saturated heterocycles. The van der Waals surface area contributed by atoms with E-state index in [1.165, 1.54) is 17.3 Å². The zero-order chi connectivity index (χ0) is 20.8. The molecule has 0 saturated carbocycles. The Labute approximate surface area is 178 Å². The third kappa shape index (κ3) is 5.55. The van der Waals surface area contributed by atoms with Crippen molar-refractivity contribution in [1.82, 2.24) is 25.3 Å². The number of rotatable bonds is 7. The molecular formula is C23H31N5O2. The van der Waals surface area contributed by atoms with Crippen molar-refractivity contribution in [3.05, 3.63) is 53.2 Å². The molecule has 2 aliphatic rings. The van der Waals surface area contributed by atoms with Crippen molar-refractivity contribution in [2.75, 3.05) is 39.8 Å². The second kappa shape index (κ2) is 10.00. The molecule has 0 atom stereocenters. The fourth-order valence-electron chi connectivity index (χ4n) is 4.15. The molecule has 1 N–H and O–H groups in total. The summed E-state index contributed by atoms with van der Waals surface area (Å²) in [6.45, 7) is 5.73. The van der Waals surface area contributed by atoms with E-state index in [1.807, 2.05) is 0 Å². The molecule has 2 aromatic rings. The minimum absolute atomic E-state index is 0.123. The topological polar surface area (TPSA) is 70.6 Å². The molecule has 4 rings (SSSR count). The van der Waals surface area contributed by atoms with Gasteiger partial charge in [0.1, 0.15) is 6.10 Å². The number of ether oxygens (including phenoxy) is 1. The van der Waals surface area contributed by atoms with Crippen molar-refractivity contribution in [3.63, 3.8) is 0 Å². The van der Waals surface area contributed by atoms with E-state index in [4.69, 9.17) is 4.74 Å². The molecule has 2 aliphatic heterocycles. The normalized spacial score (nSPS) is 18.0. The van der Waals surface area contributed by atoms with Crippen LogP contribution >= 0.6 is 0 Å². The maximum absolute atomic E-state index is 12.5. The number of hydrogen-bond donors (Lipinski definition) is 1. The summed E-state index contributed by atoms with van der Waals surface area (Å²) in [5, 5.41) is 11.0. The standard InChI is InChI=1S/C23H31N5O2/c1-27-12-8-21(9-13-27)30-22-15-20(16-25-26-22)23(29)24-10-4-11-28-14-7-18-5-2-3-6-19(18)17-28/h2-3,5-6,15-16,21H,4,7-14,17H2,1H3,(H,24,29). The molecule has 7 nitrogen and oxygen atoms in total. The third-order valence-corrected chi connectivity index (χ3v) is 5.99. The van der Waals surface area contributed by atoms with Crippen LogP contribution in [0.15, 0.2) is 36.5 Å². The molecule has 0 unspecified atom stereocenters. The minimum atomic E-state index is -0.123. The lowest BCUT2D eigenvalue weighted by Gasteiger charge is -2.28. The van der Waals surface area contributed by atoms with Crippen LogP contribution < -0.4 is 10.1 Å². The number of likely N-dealkylation sites (tertiary alicyclic amines) is 1. The van der Waals surface area contributed by atoms with Crippen molar-refractivity contribution >= 4 is 5.91 Å². The molecule has 7 heteroatoms. The van der Waals surface area contributed by atoms with Gasteiger partial charge in [-0.25, -0.2) is 0 Å². The summed E-state index contributed by atoms with van der Waals surface area (Å²) in [6, 6.07) is 10.4. The molecular weight excluding hydrogens is 378 g/mol. The van der Waals surface area contributed by atoms with Gasteiger partial charge in [-0.15, -0.1) is 5.10 Å². The van der Waals surface area contributed by atoms with E-state index >= 15 is 0 Å². The minimum Gasteiger partial charge on any atom is -0.473 e. The number of fused-ring (bicyclic) bond motifs is 1. The summed E-state index contributed by atoms with van der Waals surface area (Å²) < 4.78 is 5.94. The molecule has 30 heavy (non-hydrogen) atoms. The van der Waals surface area contributed by atoms with E-state index in [2.05, 4.69) is 56.6 Å². The fourth-order valence-corrected chi connectivity index (χ4v) is 4.15. The van der Waals surface area contributed by atoms with E-state index in [-0.39, 0.29) is 12.0 Å². The van der Waals surface area contributed by atoms with Gasteiger partial charge in [-0.1, -0.05) is 24.3 Å². The van der Waals surface area contributed by atoms with Crippen molar-refractivity contribution in [1.29, 1.82) is 0 Å². The predicted octanol–water partition coefficient (Wildman–Crippen LogP) is 2.13. The van der Waals surface area contributed by atoms with Gasteiger partial charge < -0.3 is 15.0 Å². The highest BCUT2D eigenvalue weighted by molar-refractivity contribution is 5.94. The van der Waals surface area contributed by atoms with E-state index in [9.17, 15) is 4.79 Å². The zero-order valence-electron chi connectivity index (χ0n) is 17.7. The number of benzene rings is 1. The van der Waals surface area contributed by atoms with Crippen molar-refractivity contribution < 1.29 is 9.53 Å². The Morgan fingerprint density at radius 1 is 1.20 bits per heavy atom. The first-order valence-corrected chi connectivity index (χ1v) is 10.9. The molecule has 3 heterocycles. The van der Waals surface area contributed by atoms with Gasteiger partial charge in [0, 0.05) is 45.3 Å². The lowest BCUT2D eigenvalue weighted by molar-refractivity contribution is 0.0944. The summed E-state index contributed by atoms with van der Waals surface area (Å²) in [6.07, 6.45) is 5.60. The van der Waals surface area contributed by atoms with Crippen LogP contribution in [0.3, 0.4) is 0 Å². The number of nitrogens with one attached hydrogen (secondary N) is 1. The highest BCUT2D eigenvalue weighted by Crippen LogP contribution is 2.19. The average Bonchev–Trinajstić information content (AvgIpc) is 2.78. The second-order valence-electron chi connectivity index (χ2n) is 8.31. The number of amides is 1. The number of piperidine rings is 1. The predicted molar refractivity (Wildman–Crippen MR) is 116 cm³/mol. The summed E-state index contributed by atoms with van der Waals surface area (Å²) >= 11 is 0. The van der Waals surface area contributed by atoms with E-state index in [0.717, 1.165) is 58.4 Å². The maximum atomic E-state index is 12.5. The van der Waals surface area contributed by atoms with Gasteiger partial charge in [0.25, 0.3) is 5.91 Å². The largest absolute Gasteiger partial charge is 0.473 e. The molecule has 1 aromatic carbocycles. The lowest BCUT2D eigenvalue weighted by Crippen LogP contribution is -2.36. The van der Waals surface area contributed by atoms with Crippen LogP contribution in [-0.4, -0.2) is 71.8 Å². The van der Waals surface area contributed by atoms with Gasteiger partial charge >= 0.3 is 0 Å². The van der Waals surface area contributed by atoms with Crippen LogP contribution in [0.1, 0.15) is 40.7 Å². The van der Waals surface area contributed by atoms with Crippen LogP contribution in [0.4, 0.5) is 0 Å². The third-order valence-electron chi connectivity index (χ3n) is 5.99. The first-order valence-electron chi connectivity index (χ1n) is 10.9. The van der Waals surface area contributed by atoms with E-state index in [1.54, 1.807) is 6.07 Å². The van der Waals surface area contributed by atoms with Crippen LogP contribution in [0.25, 0.3) is 0 Å². The Hall–Kier alpha value is -2.51. The Kier molecular flexibility index (Phi) is 6.92. The quantitative estimate of drug-likeness (QED) is 0.707. The molecule has 0 aliphatic carbocycles. The summed E-state index contributed by atoms with van der Waals surface area (Å²) in [5.74, 6) is 0.311. The number of carbonyl (C=O) groups excluding carboxylic acids is 1. The molecule has 0 bridgehead atoms. The van der Waals surface area contributed by atoms with Gasteiger partial charge in [-0.2, -0.15) is 5.10 Å². The molecule has 0 spiro atoms. The van der Waals surface area contributed by atoms with Crippen LogP contribution in [-0.2, 0) is 13.0 Å². The number of nitrogens with zero attached hydrogens (tertiary/aromatic N) is 4. The Bertz CT molecular complexity index is 851. The number of aromatic nitrogens is 2. The molecule has 1 amide bonds. The Morgan fingerprint density at radius 2 is 2.00 bits per heavy atom. The SMILES string of the molecule is CN1CCC(Oc2cc(C(=O)NCCCN3CCc4ccccc4C3)cnn2)CC1. The van der Waals surface area contributed by atoms with Gasteiger partial charge in [-0.05, 0) is 43.9 Å². The second-order valence-corrected chi connectivity index (χ2v) is 8.31. The highest BCUT2D eigenvalue weighted by Gasteiger charge is 2.19. The van der Waals surface area contributed by atoms with Crippen LogP contribution in [0.5, 0.6) is 5.88 Å². The van der Waals surface area contributed by atoms with Crippen molar-refractivity contribution in [2.45, 2.75) is 38.3 Å². The van der Waals surface area contributed by atoms with Crippen molar-refractivity contribution in [3.8, 4) is 5.88 Å². The Balaban J connectivity index is 1.20. The summed E-state index contributed by atoms with van der Waals surface area (Å²) in [5.41, 5.74) is 3.39. The molecule has 160 valence electrons. The van der Waals surface area contributed by atoms with Gasteiger partial charge in [0.15, 0.2) is 0 Å². The summed E-state index contributed by atoms with van der Waals surface area (Å²) in [7, 11) is 2.12. The maximum Gasteiger partial charge on any atom is 0.253 e. The van der Waals surface area contributed by atoms with Crippen molar-refractivity contribution in [2.24, 2.45) is 0 Å². The summed E-state index contributed by atoms with van der Waals surface area (Å²) in [4.78, 5) is 17.2. The zero-order valence-corrected chi connectivity index (χ0v) is 17.7. The van der Waals surface area contributed by atoms with Crippen LogP contribution in [0, 0.1) is 0 Å². The molecule has 0 radical (unpaired) electrons. The van der Waals surface area contributed by atoms with Gasteiger partial charge in [0.2, 0.25) is 5.88 Å². The first-order chi connectivity index (χ1) is 14.7. The monoisotopic (exact) mass is 409 g/mol. The van der Waals surface area contributed by atoms with Gasteiger partial charge in [-0.3, -0.25) is 9.69 Å². The first kappa shape index (κ1) is 20.8. The molecule has 1 aromatic heterocycles. The average molecular weight is 410 g/mol. The number of carbonyl (C=O) groups is 1. The smallest absolute Gasteiger partial charge is 0.253 e. The van der Waals surface area contributed by atoms with Crippen LogP contribution in [0.2, 0.25) is 0 Å². The molecule has 1 fully saturated rings. The Morgan fingerprint density at radius 3 is 2.83 bits per heavy atom. The highest BCUT2D eigenvalue weighted by atomic mass is 16.5.